The molecule has 94 valence electrons. The minimum Gasteiger partial charge on any atom is -0.374 e. The maximum absolute atomic E-state index is 5.97. The Morgan fingerprint density at radius 2 is 1.82 bits per heavy atom. The molecule has 0 unspecified atom stereocenters. The molecule has 0 bridgehead atoms. The quantitative estimate of drug-likeness (QED) is 0.846. The summed E-state index contributed by atoms with van der Waals surface area (Å²) in [4.78, 5) is 0. The Bertz CT molecular complexity index is 331. The van der Waals surface area contributed by atoms with Gasteiger partial charge in [0.1, 0.15) is 0 Å². The van der Waals surface area contributed by atoms with Gasteiger partial charge in [-0.2, -0.15) is 0 Å². The molecule has 0 heterocycles. The molecule has 1 aromatic rings. The van der Waals surface area contributed by atoms with Gasteiger partial charge in [0.25, 0.3) is 0 Å². The average molecular weight is 345 g/mol. The number of benzene rings is 1. The third kappa shape index (κ3) is 4.23. The SMILES string of the molecule is CNC1CCC(OCc2ccc(I)cc2)CC1. The largest absolute Gasteiger partial charge is 0.374 e. The van der Waals surface area contributed by atoms with Crippen molar-refractivity contribution in [1.82, 2.24) is 5.32 Å². The highest BCUT2D eigenvalue weighted by Crippen LogP contribution is 2.22. The summed E-state index contributed by atoms with van der Waals surface area (Å²) in [5, 5.41) is 3.35. The summed E-state index contributed by atoms with van der Waals surface area (Å²) < 4.78 is 7.25. The van der Waals surface area contributed by atoms with Gasteiger partial charge in [0.15, 0.2) is 0 Å². The van der Waals surface area contributed by atoms with Crippen LogP contribution < -0.4 is 5.32 Å². The Morgan fingerprint density at radius 3 is 2.41 bits per heavy atom. The van der Waals surface area contributed by atoms with Gasteiger partial charge in [-0.15, -0.1) is 0 Å². The van der Waals surface area contributed by atoms with Gasteiger partial charge in [0, 0.05) is 9.61 Å². The van der Waals surface area contributed by atoms with Gasteiger partial charge in [0.2, 0.25) is 0 Å². The second-order valence-electron chi connectivity index (χ2n) is 4.70. The highest BCUT2D eigenvalue weighted by atomic mass is 127. The Kier molecular flexibility index (Phi) is 5.25. The van der Waals surface area contributed by atoms with Gasteiger partial charge in [-0.1, -0.05) is 12.1 Å². The highest BCUT2D eigenvalue weighted by molar-refractivity contribution is 14.1. The molecule has 1 N–H and O–H groups in total. The second-order valence-corrected chi connectivity index (χ2v) is 5.95. The van der Waals surface area contributed by atoms with Crippen molar-refractivity contribution >= 4 is 22.6 Å². The molecule has 1 fully saturated rings. The van der Waals surface area contributed by atoms with Gasteiger partial charge in [-0.05, 0) is 73.0 Å². The molecule has 1 aliphatic rings. The molecule has 0 radical (unpaired) electrons. The van der Waals surface area contributed by atoms with Crippen molar-refractivity contribution in [1.29, 1.82) is 0 Å². The molecule has 17 heavy (non-hydrogen) atoms. The lowest BCUT2D eigenvalue weighted by atomic mass is 9.93. The van der Waals surface area contributed by atoms with Crippen LogP contribution in [0.3, 0.4) is 0 Å². The molecular formula is C14H20INO. The zero-order valence-electron chi connectivity index (χ0n) is 10.3. The van der Waals surface area contributed by atoms with Gasteiger partial charge in [-0.3, -0.25) is 0 Å². The normalized spacial score (nSPS) is 24.8. The molecule has 0 saturated heterocycles. The number of rotatable bonds is 4. The molecule has 0 spiro atoms. The van der Waals surface area contributed by atoms with E-state index in [1.807, 2.05) is 0 Å². The number of hydrogen-bond acceptors (Lipinski definition) is 2. The third-order valence-corrected chi connectivity index (χ3v) is 4.20. The lowest BCUT2D eigenvalue weighted by Gasteiger charge is -2.28. The maximum Gasteiger partial charge on any atom is 0.0720 e. The van der Waals surface area contributed by atoms with Crippen LogP contribution in [0.5, 0.6) is 0 Å². The van der Waals surface area contributed by atoms with Crippen LogP contribution in [0.15, 0.2) is 24.3 Å². The van der Waals surface area contributed by atoms with Crippen molar-refractivity contribution in [2.45, 2.75) is 44.4 Å². The van der Waals surface area contributed by atoms with E-state index in [9.17, 15) is 0 Å². The molecule has 1 aromatic carbocycles. The van der Waals surface area contributed by atoms with Crippen LogP contribution in [0.1, 0.15) is 31.2 Å². The zero-order chi connectivity index (χ0) is 12.1. The van der Waals surface area contributed by atoms with E-state index in [0.717, 1.165) is 6.61 Å². The Labute approximate surface area is 117 Å². The molecular weight excluding hydrogens is 325 g/mol. The van der Waals surface area contributed by atoms with Crippen LogP contribution >= 0.6 is 22.6 Å². The first-order valence-corrected chi connectivity index (χ1v) is 7.39. The van der Waals surface area contributed by atoms with E-state index in [1.165, 1.54) is 34.8 Å². The number of hydrogen-bond donors (Lipinski definition) is 1. The second kappa shape index (κ2) is 6.71. The first-order valence-electron chi connectivity index (χ1n) is 6.31. The van der Waals surface area contributed by atoms with Crippen molar-refractivity contribution in [3.05, 3.63) is 33.4 Å². The van der Waals surface area contributed by atoms with E-state index in [-0.39, 0.29) is 0 Å². The summed E-state index contributed by atoms with van der Waals surface area (Å²) in [5.74, 6) is 0. The fraction of sp³-hybridized carbons (Fsp3) is 0.571. The van der Waals surface area contributed by atoms with E-state index in [1.54, 1.807) is 0 Å². The van der Waals surface area contributed by atoms with Crippen molar-refractivity contribution in [2.24, 2.45) is 0 Å². The lowest BCUT2D eigenvalue weighted by molar-refractivity contribution is 0.0118. The summed E-state index contributed by atoms with van der Waals surface area (Å²) in [5.41, 5.74) is 1.28. The number of nitrogens with one attached hydrogen (secondary N) is 1. The summed E-state index contributed by atoms with van der Waals surface area (Å²) in [6.07, 6.45) is 5.33. The van der Waals surface area contributed by atoms with Gasteiger partial charge >= 0.3 is 0 Å². The Balaban J connectivity index is 1.74. The summed E-state index contributed by atoms with van der Waals surface area (Å²) in [6, 6.07) is 9.28. The minimum absolute atomic E-state index is 0.457. The molecule has 2 rings (SSSR count). The topological polar surface area (TPSA) is 21.3 Å². The molecule has 0 amide bonds. The molecule has 0 atom stereocenters. The smallest absolute Gasteiger partial charge is 0.0720 e. The van der Waals surface area contributed by atoms with Crippen molar-refractivity contribution in [2.75, 3.05) is 7.05 Å². The van der Waals surface area contributed by atoms with E-state index in [4.69, 9.17) is 4.74 Å². The van der Waals surface area contributed by atoms with Crippen molar-refractivity contribution < 1.29 is 4.74 Å². The van der Waals surface area contributed by atoms with Crippen LogP contribution in [-0.2, 0) is 11.3 Å². The maximum atomic E-state index is 5.97. The average Bonchev–Trinajstić information content (AvgIpc) is 2.39. The predicted octanol–water partition coefficient (Wildman–Crippen LogP) is 3.34. The molecule has 0 aliphatic heterocycles. The Hall–Kier alpha value is -0.130. The highest BCUT2D eigenvalue weighted by Gasteiger charge is 2.20. The Morgan fingerprint density at radius 1 is 1.18 bits per heavy atom. The summed E-state index contributed by atoms with van der Waals surface area (Å²) >= 11 is 2.33. The predicted molar refractivity (Wildman–Crippen MR) is 79.1 cm³/mol. The van der Waals surface area contributed by atoms with E-state index < -0.39 is 0 Å². The van der Waals surface area contributed by atoms with E-state index >= 15 is 0 Å². The molecule has 1 aliphatic carbocycles. The van der Waals surface area contributed by atoms with Crippen LogP contribution in [0.2, 0.25) is 0 Å². The molecule has 2 nitrogen and oxygen atoms in total. The number of halogens is 1. The third-order valence-electron chi connectivity index (χ3n) is 3.48. The molecule has 3 heteroatoms. The van der Waals surface area contributed by atoms with E-state index in [2.05, 4.69) is 59.2 Å². The zero-order valence-corrected chi connectivity index (χ0v) is 12.4. The van der Waals surface area contributed by atoms with Crippen molar-refractivity contribution in [3.63, 3.8) is 0 Å². The summed E-state index contributed by atoms with van der Waals surface area (Å²) in [6.45, 7) is 0.756. The minimum atomic E-state index is 0.457. The molecule has 0 aromatic heterocycles. The fourth-order valence-electron chi connectivity index (χ4n) is 2.31. The number of ether oxygens (including phenoxy) is 1. The monoisotopic (exact) mass is 345 g/mol. The van der Waals surface area contributed by atoms with Crippen LogP contribution in [-0.4, -0.2) is 19.2 Å². The van der Waals surface area contributed by atoms with Gasteiger partial charge < -0.3 is 10.1 Å². The molecule has 1 saturated carbocycles. The standard InChI is InChI=1S/C14H20INO/c1-16-13-6-8-14(9-7-13)17-10-11-2-4-12(15)5-3-11/h2-5,13-14,16H,6-10H2,1H3. The van der Waals surface area contributed by atoms with Gasteiger partial charge in [-0.25, -0.2) is 0 Å². The first kappa shape index (κ1) is 13.3. The van der Waals surface area contributed by atoms with Crippen molar-refractivity contribution in [3.8, 4) is 0 Å². The fourth-order valence-corrected chi connectivity index (χ4v) is 2.67. The van der Waals surface area contributed by atoms with Crippen LogP contribution in [0.4, 0.5) is 0 Å². The van der Waals surface area contributed by atoms with E-state index in [0.29, 0.717) is 12.1 Å². The van der Waals surface area contributed by atoms with Gasteiger partial charge in [0.05, 0.1) is 12.7 Å². The van der Waals surface area contributed by atoms with Crippen LogP contribution in [0.25, 0.3) is 0 Å². The van der Waals surface area contributed by atoms with Crippen LogP contribution in [0, 0.1) is 3.57 Å². The summed E-state index contributed by atoms with van der Waals surface area (Å²) in [7, 11) is 2.05. The lowest BCUT2D eigenvalue weighted by Crippen LogP contribution is -2.32. The first-order chi connectivity index (χ1) is 8.28.